The van der Waals surface area contributed by atoms with Gasteiger partial charge in [0.2, 0.25) is 6.08 Å². The van der Waals surface area contributed by atoms with Gasteiger partial charge in [-0.15, -0.1) is 11.3 Å². The van der Waals surface area contributed by atoms with Gasteiger partial charge < -0.3 is 9.80 Å². The number of nitrogens with zero attached hydrogens (tertiary/aromatic N) is 3. The maximum absolute atomic E-state index is 10.5. The zero-order valence-electron chi connectivity index (χ0n) is 15.6. The second-order valence-corrected chi connectivity index (χ2v) is 8.52. The molecule has 0 spiro atoms. The van der Waals surface area contributed by atoms with E-state index >= 15 is 0 Å². The van der Waals surface area contributed by atoms with Gasteiger partial charge in [-0.1, -0.05) is 27.7 Å². The monoisotopic (exact) mass is 365 g/mol. The van der Waals surface area contributed by atoms with Crippen molar-refractivity contribution in [3.05, 3.63) is 53.0 Å². The number of carbonyl (C=O) groups excluding carboxylic acids is 1. The summed E-state index contributed by atoms with van der Waals surface area (Å²) in [5.41, 5.74) is 4.61. The Kier molecular flexibility index (Phi) is 3.83. The van der Waals surface area contributed by atoms with Crippen LogP contribution in [0.2, 0.25) is 0 Å². The Morgan fingerprint density at radius 1 is 1.12 bits per heavy atom. The third kappa shape index (κ3) is 2.14. The van der Waals surface area contributed by atoms with Gasteiger partial charge in [0.1, 0.15) is 6.17 Å². The van der Waals surface area contributed by atoms with E-state index in [-0.39, 0.29) is 17.0 Å². The summed E-state index contributed by atoms with van der Waals surface area (Å²) in [6, 6.07) is 7.78. The van der Waals surface area contributed by atoms with E-state index in [2.05, 4.69) is 65.6 Å². The molecule has 0 N–H and O–H groups in total. The third-order valence-electron chi connectivity index (χ3n) is 6.56. The van der Waals surface area contributed by atoms with Crippen LogP contribution in [0.15, 0.2) is 52.4 Å². The molecule has 26 heavy (non-hydrogen) atoms. The standard InChI is InChI=1S/C21H23N3OS/c1-5-21(4)19-23(16-8-6-15(7-9-16)22-14-25)10-11-24(19)18-13-26-12-17(18)20(21,2)3/h6-13,19H,5H2,1-4H3/t19-,21+/m1/s1. The van der Waals surface area contributed by atoms with Gasteiger partial charge in [0.25, 0.3) is 0 Å². The molecular formula is C21H23N3OS. The number of anilines is 2. The van der Waals surface area contributed by atoms with Gasteiger partial charge in [-0.3, -0.25) is 0 Å². The van der Waals surface area contributed by atoms with E-state index in [1.165, 1.54) is 11.3 Å². The van der Waals surface area contributed by atoms with Gasteiger partial charge >= 0.3 is 0 Å². The van der Waals surface area contributed by atoms with Gasteiger partial charge in [-0.2, -0.15) is 4.99 Å². The Morgan fingerprint density at radius 2 is 1.81 bits per heavy atom. The van der Waals surface area contributed by atoms with E-state index in [1.54, 1.807) is 17.4 Å². The first-order valence-corrected chi connectivity index (χ1v) is 9.88. The van der Waals surface area contributed by atoms with Crippen molar-refractivity contribution >= 4 is 34.5 Å². The Bertz CT molecular complexity index is 908. The van der Waals surface area contributed by atoms with Crippen LogP contribution in [0.3, 0.4) is 0 Å². The van der Waals surface area contributed by atoms with E-state index in [0.29, 0.717) is 5.69 Å². The van der Waals surface area contributed by atoms with E-state index in [1.807, 2.05) is 24.3 Å². The fourth-order valence-electron chi connectivity index (χ4n) is 4.46. The first-order chi connectivity index (χ1) is 12.4. The highest BCUT2D eigenvalue weighted by molar-refractivity contribution is 7.08. The van der Waals surface area contributed by atoms with Crippen LogP contribution in [0, 0.1) is 5.41 Å². The molecule has 0 bridgehead atoms. The molecule has 0 saturated carbocycles. The Morgan fingerprint density at radius 3 is 2.46 bits per heavy atom. The predicted molar refractivity (Wildman–Crippen MR) is 108 cm³/mol. The number of hydrogen-bond donors (Lipinski definition) is 0. The van der Waals surface area contributed by atoms with Crippen LogP contribution < -0.4 is 9.80 Å². The summed E-state index contributed by atoms with van der Waals surface area (Å²) in [4.78, 5) is 18.9. The Labute approximate surface area is 158 Å². The molecule has 2 atom stereocenters. The van der Waals surface area contributed by atoms with Crippen LogP contribution in [0.4, 0.5) is 17.1 Å². The molecule has 3 heterocycles. The molecule has 0 radical (unpaired) electrons. The van der Waals surface area contributed by atoms with Crippen molar-refractivity contribution in [1.29, 1.82) is 0 Å². The van der Waals surface area contributed by atoms with Gasteiger partial charge in [0.05, 0.1) is 11.4 Å². The van der Waals surface area contributed by atoms with Crippen molar-refractivity contribution in [2.45, 2.75) is 45.7 Å². The fraction of sp³-hybridized carbons (Fsp3) is 0.381. The van der Waals surface area contributed by atoms with Crippen molar-refractivity contribution in [3.63, 3.8) is 0 Å². The largest absolute Gasteiger partial charge is 0.325 e. The molecule has 0 saturated heterocycles. The first-order valence-electron chi connectivity index (χ1n) is 8.93. The number of benzene rings is 1. The van der Waals surface area contributed by atoms with Gasteiger partial charge in [-0.25, -0.2) is 4.79 Å². The summed E-state index contributed by atoms with van der Waals surface area (Å²) in [7, 11) is 0. The quantitative estimate of drug-likeness (QED) is 0.529. The van der Waals surface area contributed by atoms with Crippen LogP contribution in [0.1, 0.15) is 39.7 Å². The second-order valence-electron chi connectivity index (χ2n) is 7.77. The molecule has 4 nitrogen and oxygen atoms in total. The maximum Gasteiger partial charge on any atom is 0.240 e. The Hall–Kier alpha value is -2.36. The van der Waals surface area contributed by atoms with Crippen molar-refractivity contribution in [2.75, 3.05) is 9.80 Å². The van der Waals surface area contributed by atoms with E-state index in [0.717, 1.165) is 12.1 Å². The summed E-state index contributed by atoms with van der Waals surface area (Å²) in [6.45, 7) is 9.43. The lowest BCUT2D eigenvalue weighted by atomic mass is 9.58. The summed E-state index contributed by atoms with van der Waals surface area (Å²) in [6.07, 6.45) is 7.24. The molecule has 4 rings (SSSR count). The smallest absolute Gasteiger partial charge is 0.240 e. The summed E-state index contributed by atoms with van der Waals surface area (Å²) >= 11 is 1.78. The van der Waals surface area contributed by atoms with Gasteiger partial charge in [0.15, 0.2) is 0 Å². The van der Waals surface area contributed by atoms with Crippen LogP contribution in [-0.4, -0.2) is 12.2 Å². The van der Waals surface area contributed by atoms with Crippen LogP contribution in [0.25, 0.3) is 0 Å². The van der Waals surface area contributed by atoms with Crippen LogP contribution in [0.5, 0.6) is 0 Å². The summed E-state index contributed by atoms with van der Waals surface area (Å²) in [5.74, 6) is 0. The Balaban J connectivity index is 1.82. The number of hydrogen-bond acceptors (Lipinski definition) is 5. The fourth-order valence-corrected chi connectivity index (χ4v) is 5.46. The molecule has 1 aromatic carbocycles. The lowest BCUT2D eigenvalue weighted by Crippen LogP contribution is -2.61. The number of thiophene rings is 1. The maximum atomic E-state index is 10.5. The van der Waals surface area contributed by atoms with Crippen molar-refractivity contribution < 1.29 is 4.79 Å². The topological polar surface area (TPSA) is 35.9 Å². The molecule has 0 unspecified atom stereocenters. The molecule has 0 amide bonds. The third-order valence-corrected chi connectivity index (χ3v) is 7.29. The molecule has 2 aromatic rings. The van der Waals surface area contributed by atoms with Crippen LogP contribution >= 0.6 is 11.3 Å². The van der Waals surface area contributed by atoms with Crippen molar-refractivity contribution in [3.8, 4) is 0 Å². The predicted octanol–water partition coefficient (Wildman–Crippen LogP) is 5.55. The molecule has 2 aliphatic rings. The minimum Gasteiger partial charge on any atom is -0.325 e. The number of aliphatic imine (C=N–C) groups is 1. The van der Waals surface area contributed by atoms with E-state index in [4.69, 9.17) is 0 Å². The number of rotatable bonds is 3. The van der Waals surface area contributed by atoms with E-state index in [9.17, 15) is 4.79 Å². The number of fused-ring (bicyclic) bond motifs is 3. The first kappa shape index (κ1) is 17.1. The molecule has 0 aliphatic carbocycles. The van der Waals surface area contributed by atoms with Crippen LogP contribution in [-0.2, 0) is 10.2 Å². The minimum absolute atomic E-state index is 0.0597. The van der Waals surface area contributed by atoms with Crippen molar-refractivity contribution in [1.82, 2.24) is 0 Å². The highest BCUT2D eigenvalue weighted by atomic mass is 32.1. The molecule has 1 aromatic heterocycles. The van der Waals surface area contributed by atoms with Gasteiger partial charge in [0, 0.05) is 34.3 Å². The summed E-state index contributed by atoms with van der Waals surface area (Å²) in [5, 5.41) is 4.57. The average Bonchev–Trinajstić information content (AvgIpc) is 3.28. The highest BCUT2D eigenvalue weighted by Gasteiger charge is 2.56. The van der Waals surface area contributed by atoms with Gasteiger partial charge in [-0.05, 0) is 41.6 Å². The molecule has 5 heteroatoms. The highest BCUT2D eigenvalue weighted by Crippen LogP contribution is 2.58. The van der Waals surface area contributed by atoms with Crippen molar-refractivity contribution in [2.24, 2.45) is 10.4 Å². The average molecular weight is 366 g/mol. The second kappa shape index (κ2) is 5.83. The molecule has 134 valence electrons. The zero-order chi connectivity index (χ0) is 18.5. The summed E-state index contributed by atoms with van der Waals surface area (Å²) < 4.78 is 0. The normalized spacial score (nSPS) is 25.6. The minimum atomic E-state index is 0.0597. The molecule has 0 fully saturated rings. The lowest BCUT2D eigenvalue weighted by Gasteiger charge is -2.57. The molecular weight excluding hydrogens is 342 g/mol. The van der Waals surface area contributed by atoms with E-state index < -0.39 is 0 Å². The zero-order valence-corrected chi connectivity index (χ0v) is 16.4. The SMILES string of the molecule is CC[C@@]1(C)[C@@H]2N(c3ccc(N=C=O)cc3)C=CN2c2cscc2C1(C)C. The molecule has 2 aliphatic heterocycles. The number of isocyanates is 1. The lowest BCUT2D eigenvalue weighted by molar-refractivity contribution is 0.115.